The van der Waals surface area contributed by atoms with Gasteiger partial charge < -0.3 is 21.4 Å². The van der Waals surface area contributed by atoms with Gasteiger partial charge in [-0.25, -0.2) is 9.18 Å². The second-order valence-corrected chi connectivity index (χ2v) is 4.91. The minimum absolute atomic E-state index is 0.235. The molecule has 0 unspecified atom stereocenters. The number of nitrogens with one attached hydrogen (secondary N) is 3. The lowest BCUT2D eigenvalue weighted by Gasteiger charge is -2.06. The lowest BCUT2D eigenvalue weighted by molar-refractivity contribution is 0.102. The highest BCUT2D eigenvalue weighted by atomic mass is 19.1. The van der Waals surface area contributed by atoms with E-state index in [9.17, 15) is 14.0 Å². The summed E-state index contributed by atoms with van der Waals surface area (Å²) in [5.74, 6) is -0.817. The van der Waals surface area contributed by atoms with Crippen LogP contribution in [0.2, 0.25) is 0 Å². The van der Waals surface area contributed by atoms with Gasteiger partial charge in [0.15, 0.2) is 0 Å². The van der Waals surface area contributed by atoms with Gasteiger partial charge in [0.2, 0.25) is 0 Å². The average molecular weight is 312 g/mol. The first-order valence-electron chi connectivity index (χ1n) is 6.78. The van der Waals surface area contributed by atoms with Crippen molar-refractivity contribution in [1.29, 1.82) is 0 Å². The van der Waals surface area contributed by atoms with Gasteiger partial charge in [0.25, 0.3) is 5.91 Å². The minimum Gasteiger partial charge on any atom is -0.351 e. The summed E-state index contributed by atoms with van der Waals surface area (Å²) < 4.78 is 13.7. The third-order valence-corrected chi connectivity index (χ3v) is 3.24. The molecule has 23 heavy (non-hydrogen) atoms. The van der Waals surface area contributed by atoms with E-state index in [1.54, 1.807) is 36.4 Å². The number of benzene rings is 2. The molecule has 0 saturated heterocycles. The summed E-state index contributed by atoms with van der Waals surface area (Å²) in [5, 5.41) is 5.43. The van der Waals surface area contributed by atoms with Gasteiger partial charge in [-0.15, -0.1) is 0 Å². The Labute approximate surface area is 130 Å². The summed E-state index contributed by atoms with van der Waals surface area (Å²) in [7, 11) is 0. The van der Waals surface area contributed by atoms with Crippen molar-refractivity contribution in [3.05, 3.63) is 60.0 Å². The monoisotopic (exact) mass is 312 g/mol. The molecule has 0 atom stereocenters. The lowest BCUT2D eigenvalue weighted by atomic mass is 10.2. The van der Waals surface area contributed by atoms with E-state index < -0.39 is 17.8 Å². The number of aromatic amines is 1. The number of carbonyl (C=O) groups excluding carboxylic acids is 2. The fraction of sp³-hybridized carbons (Fsp3) is 0. The molecule has 3 aromatic rings. The predicted molar refractivity (Wildman–Crippen MR) is 85.9 cm³/mol. The van der Waals surface area contributed by atoms with Crippen LogP contribution < -0.4 is 16.4 Å². The van der Waals surface area contributed by atoms with Crippen molar-refractivity contribution in [3.63, 3.8) is 0 Å². The van der Waals surface area contributed by atoms with Crippen LogP contribution in [0.1, 0.15) is 10.5 Å². The van der Waals surface area contributed by atoms with Gasteiger partial charge in [0.1, 0.15) is 11.5 Å². The van der Waals surface area contributed by atoms with Crippen LogP contribution >= 0.6 is 0 Å². The molecule has 5 N–H and O–H groups in total. The van der Waals surface area contributed by atoms with E-state index in [1.165, 1.54) is 12.1 Å². The predicted octanol–water partition coefficient (Wildman–Crippen LogP) is 3.05. The number of hydrogen-bond donors (Lipinski definition) is 4. The Morgan fingerprint density at radius 3 is 2.39 bits per heavy atom. The Bertz CT molecular complexity index is 904. The van der Waals surface area contributed by atoms with Gasteiger partial charge in [-0.1, -0.05) is 12.1 Å². The maximum absolute atomic E-state index is 13.7. The zero-order valence-corrected chi connectivity index (χ0v) is 11.9. The SMILES string of the molecule is NC(=O)Nc1cccc(NC(=O)c2cc3c(F)cccc3[nH]2)c1. The topological polar surface area (TPSA) is 100 Å². The minimum atomic E-state index is -0.695. The number of anilines is 2. The summed E-state index contributed by atoms with van der Waals surface area (Å²) in [6.07, 6.45) is 0. The number of nitrogens with two attached hydrogens (primary N) is 1. The molecule has 3 rings (SSSR count). The summed E-state index contributed by atoms with van der Waals surface area (Å²) in [5.41, 5.74) is 6.75. The average Bonchev–Trinajstić information content (AvgIpc) is 2.92. The van der Waals surface area contributed by atoms with Crippen LogP contribution in [0.4, 0.5) is 20.6 Å². The molecule has 0 radical (unpaired) electrons. The quantitative estimate of drug-likeness (QED) is 0.597. The zero-order valence-electron chi connectivity index (χ0n) is 11.9. The number of primary amides is 1. The molecule has 0 bridgehead atoms. The van der Waals surface area contributed by atoms with Crippen molar-refractivity contribution >= 4 is 34.2 Å². The Hall–Kier alpha value is -3.35. The molecule has 0 aliphatic carbocycles. The molecule has 0 aliphatic heterocycles. The fourth-order valence-electron chi connectivity index (χ4n) is 2.26. The number of halogens is 1. The van der Waals surface area contributed by atoms with Crippen molar-refractivity contribution in [3.8, 4) is 0 Å². The zero-order chi connectivity index (χ0) is 16.4. The standard InChI is InChI=1S/C16H13FN4O2/c17-12-5-2-6-13-11(12)8-14(21-13)15(22)19-9-3-1-4-10(7-9)20-16(18)23/h1-8,21H,(H,19,22)(H3,18,20,23). The van der Waals surface area contributed by atoms with Gasteiger partial charge in [0, 0.05) is 22.3 Å². The van der Waals surface area contributed by atoms with Crippen LogP contribution in [-0.4, -0.2) is 16.9 Å². The molecule has 1 aromatic heterocycles. The van der Waals surface area contributed by atoms with Gasteiger partial charge in [-0.3, -0.25) is 4.79 Å². The molecular weight excluding hydrogens is 299 g/mol. The van der Waals surface area contributed by atoms with E-state index >= 15 is 0 Å². The largest absolute Gasteiger partial charge is 0.351 e. The molecule has 0 aliphatic rings. The number of H-pyrrole nitrogens is 1. The molecule has 0 fully saturated rings. The van der Waals surface area contributed by atoms with Crippen LogP contribution in [0.15, 0.2) is 48.5 Å². The number of amides is 3. The highest BCUT2D eigenvalue weighted by Gasteiger charge is 2.12. The maximum Gasteiger partial charge on any atom is 0.316 e. The van der Waals surface area contributed by atoms with Gasteiger partial charge in [0.05, 0.1) is 0 Å². The Morgan fingerprint density at radius 1 is 1.00 bits per heavy atom. The first-order chi connectivity index (χ1) is 11.0. The van der Waals surface area contributed by atoms with Crippen molar-refractivity contribution in [1.82, 2.24) is 4.98 Å². The van der Waals surface area contributed by atoms with Crippen LogP contribution in [0.3, 0.4) is 0 Å². The summed E-state index contributed by atoms with van der Waals surface area (Å²) >= 11 is 0. The van der Waals surface area contributed by atoms with E-state index in [-0.39, 0.29) is 5.69 Å². The fourth-order valence-corrected chi connectivity index (χ4v) is 2.26. The Morgan fingerprint density at radius 2 is 1.70 bits per heavy atom. The van der Waals surface area contributed by atoms with Gasteiger partial charge in [-0.05, 0) is 36.4 Å². The van der Waals surface area contributed by atoms with Crippen molar-refractivity contribution in [2.24, 2.45) is 5.73 Å². The first kappa shape index (κ1) is 14.6. The second-order valence-electron chi connectivity index (χ2n) is 4.91. The van der Waals surface area contributed by atoms with Crippen molar-refractivity contribution in [2.45, 2.75) is 0 Å². The van der Waals surface area contributed by atoms with Crippen LogP contribution in [-0.2, 0) is 0 Å². The molecule has 1 heterocycles. The number of hydrogen-bond acceptors (Lipinski definition) is 2. The van der Waals surface area contributed by atoms with Crippen molar-refractivity contribution in [2.75, 3.05) is 10.6 Å². The first-order valence-corrected chi connectivity index (χ1v) is 6.78. The van der Waals surface area contributed by atoms with Crippen molar-refractivity contribution < 1.29 is 14.0 Å². The number of urea groups is 1. The molecular formula is C16H13FN4O2. The number of aromatic nitrogens is 1. The van der Waals surface area contributed by atoms with Crippen LogP contribution in [0.25, 0.3) is 10.9 Å². The van der Waals surface area contributed by atoms with E-state index in [0.717, 1.165) is 0 Å². The normalized spacial score (nSPS) is 10.5. The lowest BCUT2D eigenvalue weighted by Crippen LogP contribution is -2.19. The van der Waals surface area contributed by atoms with Crippen LogP contribution in [0, 0.1) is 5.82 Å². The molecule has 0 saturated carbocycles. The Balaban J connectivity index is 1.83. The second kappa shape index (κ2) is 5.80. The molecule has 116 valence electrons. The maximum atomic E-state index is 13.7. The van der Waals surface area contributed by atoms with E-state index in [2.05, 4.69) is 15.6 Å². The highest BCUT2D eigenvalue weighted by Crippen LogP contribution is 2.20. The van der Waals surface area contributed by atoms with Crippen LogP contribution in [0.5, 0.6) is 0 Å². The van der Waals surface area contributed by atoms with E-state index in [4.69, 9.17) is 5.73 Å². The highest BCUT2D eigenvalue weighted by molar-refractivity contribution is 6.06. The summed E-state index contributed by atoms with van der Waals surface area (Å²) in [4.78, 5) is 26.0. The smallest absolute Gasteiger partial charge is 0.316 e. The van der Waals surface area contributed by atoms with Gasteiger partial charge >= 0.3 is 6.03 Å². The Kier molecular flexibility index (Phi) is 3.68. The number of carbonyl (C=O) groups is 2. The summed E-state index contributed by atoms with van der Waals surface area (Å²) in [6, 6.07) is 11.9. The summed E-state index contributed by atoms with van der Waals surface area (Å²) in [6.45, 7) is 0. The molecule has 7 heteroatoms. The third kappa shape index (κ3) is 3.13. The number of rotatable bonds is 3. The van der Waals surface area contributed by atoms with E-state index in [0.29, 0.717) is 22.3 Å². The molecule has 3 amide bonds. The molecule has 0 spiro atoms. The molecule has 2 aromatic carbocycles. The molecule has 6 nitrogen and oxygen atoms in total. The van der Waals surface area contributed by atoms with E-state index in [1.807, 2.05) is 0 Å². The number of fused-ring (bicyclic) bond motifs is 1. The van der Waals surface area contributed by atoms with Gasteiger partial charge in [-0.2, -0.15) is 0 Å². The third-order valence-electron chi connectivity index (χ3n) is 3.24.